The molecule has 0 aromatic rings. The van der Waals surface area contributed by atoms with Gasteiger partial charge in [-0.15, -0.1) is 0 Å². The van der Waals surface area contributed by atoms with Crippen LogP contribution in [-0.4, -0.2) is 40.0 Å². The van der Waals surface area contributed by atoms with E-state index in [-0.39, 0.29) is 11.8 Å². The van der Waals surface area contributed by atoms with E-state index in [0.717, 1.165) is 6.26 Å². The SMILES string of the molecule is CS(=O)(=O)CS(=O)(=O)NC1CCC(=O)CC1. The van der Waals surface area contributed by atoms with Crippen LogP contribution in [0.3, 0.4) is 0 Å². The molecule has 6 nitrogen and oxygen atoms in total. The van der Waals surface area contributed by atoms with Gasteiger partial charge >= 0.3 is 0 Å². The fraction of sp³-hybridized carbons (Fsp3) is 0.875. The molecule has 0 aromatic heterocycles. The Balaban J connectivity index is 2.57. The van der Waals surface area contributed by atoms with Gasteiger partial charge in [-0.2, -0.15) is 0 Å². The first-order valence-electron chi connectivity index (χ1n) is 4.87. The van der Waals surface area contributed by atoms with Gasteiger partial charge in [0.2, 0.25) is 10.0 Å². The predicted octanol–water partition coefficient (Wildman–Crippen LogP) is -0.580. The van der Waals surface area contributed by atoms with E-state index < -0.39 is 24.9 Å². The minimum atomic E-state index is -3.81. The highest BCUT2D eigenvalue weighted by molar-refractivity contribution is 8.06. The number of nitrogens with one attached hydrogen (secondary N) is 1. The molecule has 1 aliphatic carbocycles. The maximum Gasteiger partial charge on any atom is 0.226 e. The summed E-state index contributed by atoms with van der Waals surface area (Å²) in [5.41, 5.74) is 0. The Morgan fingerprint density at radius 1 is 1.19 bits per heavy atom. The number of carbonyl (C=O) groups excluding carboxylic acids is 1. The van der Waals surface area contributed by atoms with E-state index >= 15 is 0 Å². The fourth-order valence-electron chi connectivity index (χ4n) is 1.63. The minimum absolute atomic E-state index is 0.124. The molecule has 0 unspecified atom stereocenters. The molecule has 94 valence electrons. The van der Waals surface area contributed by atoms with Crippen molar-refractivity contribution in [2.45, 2.75) is 31.7 Å². The van der Waals surface area contributed by atoms with Gasteiger partial charge in [-0.3, -0.25) is 4.79 Å². The van der Waals surface area contributed by atoms with Crippen molar-refractivity contribution in [3.63, 3.8) is 0 Å². The Morgan fingerprint density at radius 2 is 1.69 bits per heavy atom. The number of rotatable bonds is 4. The average Bonchev–Trinajstić information content (AvgIpc) is 2.04. The predicted molar refractivity (Wildman–Crippen MR) is 59.0 cm³/mol. The molecule has 1 aliphatic rings. The van der Waals surface area contributed by atoms with Crippen LogP contribution in [0.4, 0.5) is 0 Å². The molecule has 0 heterocycles. The molecule has 1 rings (SSSR count). The first kappa shape index (κ1) is 13.6. The minimum Gasteiger partial charge on any atom is -0.300 e. The molecule has 16 heavy (non-hydrogen) atoms. The number of sulfonamides is 1. The van der Waals surface area contributed by atoms with Crippen LogP contribution < -0.4 is 4.72 Å². The summed E-state index contributed by atoms with van der Waals surface area (Å²) in [4.78, 5) is 10.9. The maximum absolute atomic E-state index is 11.4. The van der Waals surface area contributed by atoms with E-state index in [1.807, 2.05) is 0 Å². The molecule has 0 aromatic carbocycles. The summed E-state index contributed by atoms with van der Waals surface area (Å²) in [7, 11) is -7.37. The fourth-order valence-corrected chi connectivity index (χ4v) is 4.90. The second-order valence-electron chi connectivity index (χ2n) is 4.09. The lowest BCUT2D eigenvalue weighted by Crippen LogP contribution is -2.40. The van der Waals surface area contributed by atoms with E-state index in [9.17, 15) is 21.6 Å². The molecular formula is C8H15NO5S2. The highest BCUT2D eigenvalue weighted by Crippen LogP contribution is 2.15. The highest BCUT2D eigenvalue weighted by atomic mass is 32.3. The van der Waals surface area contributed by atoms with Gasteiger partial charge in [-0.1, -0.05) is 0 Å². The summed E-state index contributed by atoms with van der Waals surface area (Å²) in [5.74, 6) is 0.124. The number of sulfone groups is 1. The molecule has 0 amide bonds. The number of hydrogen-bond acceptors (Lipinski definition) is 5. The molecule has 0 saturated heterocycles. The Bertz CT molecular complexity index is 455. The average molecular weight is 269 g/mol. The molecule has 0 radical (unpaired) electrons. The Labute approximate surface area is 95.4 Å². The molecule has 0 atom stereocenters. The summed E-state index contributed by atoms with van der Waals surface area (Å²) >= 11 is 0. The number of carbonyl (C=O) groups is 1. The lowest BCUT2D eigenvalue weighted by atomic mass is 9.95. The van der Waals surface area contributed by atoms with Gasteiger partial charge < -0.3 is 0 Å². The quantitative estimate of drug-likeness (QED) is 0.736. The van der Waals surface area contributed by atoms with Crippen molar-refractivity contribution in [3.8, 4) is 0 Å². The smallest absolute Gasteiger partial charge is 0.226 e. The zero-order valence-corrected chi connectivity index (χ0v) is 10.6. The third-order valence-electron chi connectivity index (χ3n) is 2.26. The van der Waals surface area contributed by atoms with Gasteiger partial charge in [0.05, 0.1) is 0 Å². The zero-order valence-electron chi connectivity index (χ0n) is 8.97. The van der Waals surface area contributed by atoms with Crippen molar-refractivity contribution < 1.29 is 21.6 Å². The largest absolute Gasteiger partial charge is 0.300 e. The lowest BCUT2D eigenvalue weighted by Gasteiger charge is -2.21. The second-order valence-corrected chi connectivity index (χ2v) is 8.35. The molecule has 0 bridgehead atoms. The first-order valence-corrected chi connectivity index (χ1v) is 8.59. The van der Waals surface area contributed by atoms with Crippen molar-refractivity contribution in [2.24, 2.45) is 0 Å². The van der Waals surface area contributed by atoms with Crippen molar-refractivity contribution in [2.75, 3.05) is 11.3 Å². The summed E-state index contributed by atoms with van der Waals surface area (Å²) in [5, 5.41) is -0.898. The summed E-state index contributed by atoms with van der Waals surface area (Å²) < 4.78 is 46.9. The van der Waals surface area contributed by atoms with Gasteiger partial charge in [-0.25, -0.2) is 21.6 Å². The number of hydrogen-bond donors (Lipinski definition) is 1. The van der Waals surface area contributed by atoms with Crippen molar-refractivity contribution in [1.29, 1.82) is 0 Å². The van der Waals surface area contributed by atoms with Crippen LogP contribution in [0.5, 0.6) is 0 Å². The summed E-state index contributed by atoms with van der Waals surface area (Å²) in [6.45, 7) is 0. The number of ketones is 1. The van der Waals surface area contributed by atoms with Crippen LogP contribution in [0.1, 0.15) is 25.7 Å². The maximum atomic E-state index is 11.4. The van der Waals surface area contributed by atoms with Crippen LogP contribution in [0, 0.1) is 0 Å². The van der Waals surface area contributed by atoms with Crippen molar-refractivity contribution in [3.05, 3.63) is 0 Å². The van der Waals surface area contributed by atoms with Crippen LogP contribution in [0.15, 0.2) is 0 Å². The first-order chi connectivity index (χ1) is 7.18. The molecule has 0 spiro atoms. The lowest BCUT2D eigenvalue weighted by molar-refractivity contribution is -0.120. The number of Topliss-reactive ketones (excluding diaryl/α,β-unsaturated/α-hetero) is 1. The van der Waals surface area contributed by atoms with E-state index in [2.05, 4.69) is 4.72 Å². The molecule has 1 fully saturated rings. The van der Waals surface area contributed by atoms with Gasteiger partial charge in [0, 0.05) is 25.1 Å². The van der Waals surface area contributed by atoms with E-state index in [1.54, 1.807) is 0 Å². The topological polar surface area (TPSA) is 97.4 Å². The Morgan fingerprint density at radius 3 is 2.12 bits per heavy atom. The Hall–Kier alpha value is -0.470. The van der Waals surface area contributed by atoms with Crippen molar-refractivity contribution >= 4 is 25.6 Å². The summed E-state index contributed by atoms with van der Waals surface area (Å²) in [6, 6.07) is -0.315. The van der Waals surface area contributed by atoms with E-state index in [4.69, 9.17) is 0 Å². The van der Waals surface area contributed by atoms with Gasteiger partial charge in [-0.05, 0) is 12.8 Å². The monoisotopic (exact) mass is 269 g/mol. The molecule has 1 N–H and O–H groups in total. The molecule has 1 saturated carbocycles. The van der Waals surface area contributed by atoms with E-state index in [1.165, 1.54) is 0 Å². The second kappa shape index (κ2) is 4.80. The standard InChI is InChI=1S/C8H15NO5S2/c1-15(11,12)6-16(13,14)9-7-2-4-8(10)5-3-7/h7,9H,2-6H2,1H3. The third kappa shape index (κ3) is 5.04. The van der Waals surface area contributed by atoms with Crippen LogP contribution >= 0.6 is 0 Å². The van der Waals surface area contributed by atoms with Gasteiger partial charge in [0.1, 0.15) is 5.78 Å². The van der Waals surface area contributed by atoms with E-state index in [0.29, 0.717) is 25.7 Å². The molecular weight excluding hydrogens is 254 g/mol. The Kier molecular flexibility index (Phi) is 4.08. The van der Waals surface area contributed by atoms with Gasteiger partial charge in [0.15, 0.2) is 14.9 Å². The van der Waals surface area contributed by atoms with Crippen LogP contribution in [0.2, 0.25) is 0 Å². The molecule has 8 heteroatoms. The summed E-state index contributed by atoms with van der Waals surface area (Å²) in [6.07, 6.45) is 2.47. The third-order valence-corrected chi connectivity index (χ3v) is 5.90. The van der Waals surface area contributed by atoms with Crippen LogP contribution in [0.25, 0.3) is 0 Å². The highest BCUT2D eigenvalue weighted by Gasteiger charge is 2.25. The molecule has 0 aliphatic heterocycles. The van der Waals surface area contributed by atoms with Crippen LogP contribution in [-0.2, 0) is 24.7 Å². The normalized spacial score (nSPS) is 19.9. The van der Waals surface area contributed by atoms with Crippen molar-refractivity contribution in [1.82, 2.24) is 4.72 Å². The van der Waals surface area contributed by atoms with Gasteiger partial charge in [0.25, 0.3) is 0 Å². The zero-order chi connectivity index (χ0) is 12.4.